The summed E-state index contributed by atoms with van der Waals surface area (Å²) in [6, 6.07) is 0. The molecule has 0 spiro atoms. The van der Waals surface area contributed by atoms with Crippen LogP contribution in [-0.4, -0.2) is 68.0 Å². The van der Waals surface area contributed by atoms with Gasteiger partial charge in [0.1, 0.15) is 0 Å². The molecule has 0 atom stereocenters. The predicted molar refractivity (Wildman–Crippen MR) is 109 cm³/mol. The summed E-state index contributed by atoms with van der Waals surface area (Å²) in [5, 5.41) is 16.0. The first kappa shape index (κ1) is 25.0. The molecular formula is C20H39F3N4O. The van der Waals surface area contributed by atoms with Crippen molar-refractivity contribution in [3.05, 3.63) is 0 Å². The molecule has 1 aliphatic heterocycles. The molecule has 0 aromatic carbocycles. The lowest BCUT2D eigenvalue weighted by Crippen LogP contribution is -2.42. The summed E-state index contributed by atoms with van der Waals surface area (Å²) in [5.41, 5.74) is 0.0302. The first-order chi connectivity index (χ1) is 13.3. The summed E-state index contributed by atoms with van der Waals surface area (Å²) >= 11 is 0. The predicted octanol–water partition coefficient (Wildman–Crippen LogP) is 3.39. The molecule has 1 aliphatic rings. The van der Waals surface area contributed by atoms with Gasteiger partial charge >= 0.3 is 6.18 Å². The van der Waals surface area contributed by atoms with E-state index < -0.39 is 12.7 Å². The van der Waals surface area contributed by atoms with Crippen LogP contribution in [-0.2, 0) is 0 Å². The molecule has 1 fully saturated rings. The van der Waals surface area contributed by atoms with Crippen LogP contribution < -0.4 is 10.6 Å². The lowest BCUT2D eigenvalue weighted by atomic mass is 9.79. The highest BCUT2D eigenvalue weighted by atomic mass is 19.4. The van der Waals surface area contributed by atoms with Gasteiger partial charge in [-0.3, -0.25) is 9.89 Å². The van der Waals surface area contributed by atoms with E-state index in [9.17, 15) is 18.3 Å². The number of aliphatic imine (C=N–C) groups is 1. The van der Waals surface area contributed by atoms with Gasteiger partial charge in [-0.05, 0) is 69.9 Å². The minimum atomic E-state index is -4.10. The number of alkyl halides is 3. The molecule has 166 valence electrons. The minimum Gasteiger partial charge on any atom is -0.396 e. The molecule has 0 radical (unpaired) electrons. The number of nitrogens with zero attached hydrogens (tertiary/aromatic N) is 2. The van der Waals surface area contributed by atoms with Crippen molar-refractivity contribution >= 4 is 5.96 Å². The Morgan fingerprint density at radius 2 is 1.75 bits per heavy atom. The highest BCUT2D eigenvalue weighted by molar-refractivity contribution is 5.79. The summed E-state index contributed by atoms with van der Waals surface area (Å²) in [6.45, 7) is 8.94. The number of halogens is 3. The van der Waals surface area contributed by atoms with E-state index in [1.54, 1.807) is 0 Å². The van der Waals surface area contributed by atoms with Crippen molar-refractivity contribution in [2.45, 2.75) is 65.5 Å². The lowest BCUT2D eigenvalue weighted by molar-refractivity contribution is -0.148. The summed E-state index contributed by atoms with van der Waals surface area (Å²) < 4.78 is 37.4. The quantitative estimate of drug-likeness (QED) is 0.362. The number of aliphatic hydroxyl groups is 1. The van der Waals surface area contributed by atoms with E-state index in [0.717, 1.165) is 57.6 Å². The van der Waals surface area contributed by atoms with Gasteiger partial charge in [0, 0.05) is 26.2 Å². The second kappa shape index (κ2) is 12.5. The Hall–Kier alpha value is -1.02. The van der Waals surface area contributed by atoms with E-state index in [1.807, 2.05) is 6.92 Å². The molecule has 3 N–H and O–H groups in total. The Labute approximate surface area is 168 Å². The highest BCUT2D eigenvalue weighted by Gasteiger charge is 2.32. The van der Waals surface area contributed by atoms with E-state index in [4.69, 9.17) is 4.99 Å². The molecule has 1 heterocycles. The number of guanidine groups is 1. The molecule has 28 heavy (non-hydrogen) atoms. The monoisotopic (exact) mass is 408 g/mol. The van der Waals surface area contributed by atoms with E-state index in [1.165, 1.54) is 4.90 Å². The topological polar surface area (TPSA) is 59.9 Å². The van der Waals surface area contributed by atoms with Crippen LogP contribution in [0.15, 0.2) is 4.99 Å². The van der Waals surface area contributed by atoms with Gasteiger partial charge in [0.25, 0.3) is 0 Å². The number of hydrogen-bond donors (Lipinski definition) is 3. The zero-order valence-electron chi connectivity index (χ0n) is 17.7. The number of piperidine rings is 1. The van der Waals surface area contributed by atoms with Crippen molar-refractivity contribution < 1.29 is 18.3 Å². The second-order valence-corrected chi connectivity index (χ2v) is 7.93. The molecule has 0 unspecified atom stereocenters. The fourth-order valence-electron chi connectivity index (χ4n) is 3.81. The maximum Gasteiger partial charge on any atom is 0.401 e. The number of likely N-dealkylation sites (tertiary alicyclic amines) is 1. The maximum absolute atomic E-state index is 12.5. The maximum atomic E-state index is 12.5. The van der Waals surface area contributed by atoms with Gasteiger partial charge in [-0.1, -0.05) is 13.8 Å². The summed E-state index contributed by atoms with van der Waals surface area (Å²) in [5.74, 6) is 1.24. The zero-order chi connectivity index (χ0) is 21.0. The van der Waals surface area contributed by atoms with Gasteiger partial charge < -0.3 is 15.7 Å². The number of hydrogen-bond acceptors (Lipinski definition) is 3. The van der Waals surface area contributed by atoms with Crippen molar-refractivity contribution in [1.29, 1.82) is 0 Å². The van der Waals surface area contributed by atoms with Gasteiger partial charge in [-0.2, -0.15) is 13.2 Å². The van der Waals surface area contributed by atoms with Gasteiger partial charge in [0.05, 0.1) is 6.54 Å². The molecule has 0 aliphatic carbocycles. The summed E-state index contributed by atoms with van der Waals surface area (Å²) in [7, 11) is 0. The Morgan fingerprint density at radius 1 is 1.11 bits per heavy atom. The van der Waals surface area contributed by atoms with E-state index in [0.29, 0.717) is 25.6 Å². The van der Waals surface area contributed by atoms with Crippen molar-refractivity contribution in [2.75, 3.05) is 45.9 Å². The molecule has 0 bridgehead atoms. The normalized spacial score (nSPS) is 17.8. The van der Waals surface area contributed by atoms with Crippen LogP contribution in [0.4, 0.5) is 13.2 Å². The lowest BCUT2D eigenvalue weighted by Gasteiger charge is -2.32. The van der Waals surface area contributed by atoms with E-state index >= 15 is 0 Å². The Bertz CT molecular complexity index is 445. The Balaban J connectivity index is 2.43. The molecule has 1 saturated heterocycles. The third-order valence-electron chi connectivity index (χ3n) is 6.01. The third-order valence-corrected chi connectivity index (χ3v) is 6.01. The molecular weight excluding hydrogens is 369 g/mol. The number of aliphatic hydroxyl groups excluding tert-OH is 1. The second-order valence-electron chi connectivity index (χ2n) is 7.93. The Kier molecular flexibility index (Phi) is 11.2. The largest absolute Gasteiger partial charge is 0.401 e. The SMILES string of the molecule is CCNC(=NCC(CC)(CC)CCO)NCCC1CCN(CC(F)(F)F)CC1. The van der Waals surface area contributed by atoms with Crippen molar-refractivity contribution in [2.24, 2.45) is 16.3 Å². The average molecular weight is 409 g/mol. The first-order valence-electron chi connectivity index (χ1n) is 10.7. The van der Waals surface area contributed by atoms with Crippen LogP contribution in [0.1, 0.15) is 59.3 Å². The molecule has 8 heteroatoms. The molecule has 0 aromatic heterocycles. The van der Waals surface area contributed by atoms with Crippen molar-refractivity contribution in [3.8, 4) is 0 Å². The van der Waals surface area contributed by atoms with Crippen LogP contribution in [0.2, 0.25) is 0 Å². The fourth-order valence-corrected chi connectivity index (χ4v) is 3.81. The van der Waals surface area contributed by atoms with Crippen LogP contribution in [0.25, 0.3) is 0 Å². The van der Waals surface area contributed by atoms with Gasteiger partial charge in [-0.25, -0.2) is 0 Å². The minimum absolute atomic E-state index is 0.0302. The first-order valence-corrected chi connectivity index (χ1v) is 10.7. The number of nitrogens with one attached hydrogen (secondary N) is 2. The van der Waals surface area contributed by atoms with Gasteiger partial charge in [0.15, 0.2) is 5.96 Å². The number of rotatable bonds is 11. The molecule has 0 saturated carbocycles. The fraction of sp³-hybridized carbons (Fsp3) is 0.950. The highest BCUT2D eigenvalue weighted by Crippen LogP contribution is 2.30. The molecule has 0 aromatic rings. The molecule has 1 rings (SSSR count). The molecule has 5 nitrogen and oxygen atoms in total. The molecule has 0 amide bonds. The van der Waals surface area contributed by atoms with Crippen LogP contribution >= 0.6 is 0 Å². The summed E-state index contributed by atoms with van der Waals surface area (Å²) in [6.07, 6.45) is 1.17. The Morgan fingerprint density at radius 3 is 2.25 bits per heavy atom. The smallest absolute Gasteiger partial charge is 0.396 e. The van der Waals surface area contributed by atoms with Crippen molar-refractivity contribution in [3.63, 3.8) is 0 Å². The van der Waals surface area contributed by atoms with Crippen LogP contribution in [0.3, 0.4) is 0 Å². The van der Waals surface area contributed by atoms with E-state index in [2.05, 4.69) is 24.5 Å². The van der Waals surface area contributed by atoms with Crippen molar-refractivity contribution in [1.82, 2.24) is 15.5 Å². The zero-order valence-corrected chi connectivity index (χ0v) is 17.7. The standard InChI is InChI=1S/C20H39F3N4O/c1-4-19(5-2,10-14-28)15-26-18(24-6-3)25-11-7-17-8-12-27(13-9-17)16-20(21,22)23/h17,28H,4-16H2,1-3H3,(H2,24,25,26). The van der Waals surface area contributed by atoms with Crippen LogP contribution in [0, 0.1) is 11.3 Å². The van der Waals surface area contributed by atoms with Gasteiger partial charge in [-0.15, -0.1) is 0 Å². The van der Waals surface area contributed by atoms with Crippen LogP contribution in [0.5, 0.6) is 0 Å². The third kappa shape index (κ3) is 9.45. The average Bonchev–Trinajstić information content (AvgIpc) is 2.65. The van der Waals surface area contributed by atoms with Gasteiger partial charge in [0.2, 0.25) is 0 Å². The van der Waals surface area contributed by atoms with E-state index in [-0.39, 0.29) is 12.0 Å². The summed E-state index contributed by atoms with van der Waals surface area (Å²) in [4.78, 5) is 6.24.